The van der Waals surface area contributed by atoms with Crippen molar-refractivity contribution in [3.8, 4) is 11.7 Å². The monoisotopic (exact) mass is 701 g/mol. The molecule has 0 saturated heterocycles. The van der Waals surface area contributed by atoms with Crippen molar-refractivity contribution in [3.63, 3.8) is 0 Å². The molecular formula is C27H34N2O5VW-2. The Morgan fingerprint density at radius 1 is 1.25 bits per heavy atom. The summed E-state index contributed by atoms with van der Waals surface area (Å²) in [7, 11) is 2.92. The molecule has 0 bridgehead atoms. The first-order valence-electron chi connectivity index (χ1n) is 11.6. The van der Waals surface area contributed by atoms with Crippen LogP contribution < -0.4 is 15.4 Å². The molecule has 1 aromatic heterocycles. The molecule has 1 aliphatic carbocycles. The van der Waals surface area contributed by atoms with E-state index in [9.17, 15) is 4.79 Å². The van der Waals surface area contributed by atoms with E-state index in [1.807, 2.05) is 6.92 Å². The van der Waals surface area contributed by atoms with Crippen LogP contribution >= 0.6 is 0 Å². The average Bonchev–Trinajstić information content (AvgIpc) is 3.28. The number of furan rings is 1. The van der Waals surface area contributed by atoms with Crippen molar-refractivity contribution in [1.29, 1.82) is 0 Å². The number of methoxy groups -OCH3 is 2. The van der Waals surface area contributed by atoms with E-state index < -0.39 is 5.91 Å². The topological polar surface area (TPSA) is 82.0 Å². The van der Waals surface area contributed by atoms with Crippen molar-refractivity contribution < 1.29 is 59.8 Å². The Labute approximate surface area is 234 Å². The van der Waals surface area contributed by atoms with Crippen molar-refractivity contribution in [1.82, 2.24) is 10.6 Å². The molecule has 0 atom stereocenters. The first kappa shape index (κ1) is 30.5. The molecule has 0 fully saturated rings. The van der Waals surface area contributed by atoms with Gasteiger partial charge in [0.15, 0.2) is 0 Å². The number of benzene rings is 1. The van der Waals surface area contributed by atoms with Crippen molar-refractivity contribution in [2.45, 2.75) is 65.3 Å². The van der Waals surface area contributed by atoms with E-state index in [-0.39, 0.29) is 22.8 Å². The summed E-state index contributed by atoms with van der Waals surface area (Å²) in [5.41, 5.74) is 4.11. The SMILES string of the molecule is CC(C)N[C-]=[W].CO[C-]=C(NC(=O)c1ccc(Oc2cc3c(cc2C)CCCC3(C)C)o1)[C](=[V])OC. The number of nitrogens with one attached hydrogen (secondary N) is 2. The van der Waals surface area contributed by atoms with E-state index in [1.165, 1.54) is 51.1 Å². The Balaban J connectivity index is 0.000000678. The Morgan fingerprint density at radius 3 is 2.56 bits per heavy atom. The third-order valence-electron chi connectivity index (χ3n) is 5.59. The second kappa shape index (κ2) is 14.3. The maximum atomic E-state index is 12.5. The van der Waals surface area contributed by atoms with Gasteiger partial charge in [-0.15, -0.1) is 0 Å². The summed E-state index contributed by atoms with van der Waals surface area (Å²) in [5.74, 6) is 0.626. The van der Waals surface area contributed by atoms with Crippen LogP contribution in [0.25, 0.3) is 0 Å². The molecule has 2 aromatic rings. The van der Waals surface area contributed by atoms with Crippen LogP contribution in [0.2, 0.25) is 0 Å². The van der Waals surface area contributed by atoms with Crippen LogP contribution in [-0.4, -0.2) is 35.1 Å². The van der Waals surface area contributed by atoms with Gasteiger partial charge in [0.1, 0.15) is 0 Å². The van der Waals surface area contributed by atoms with Crippen LogP contribution in [0.3, 0.4) is 0 Å². The summed E-state index contributed by atoms with van der Waals surface area (Å²) in [6.07, 6.45) is 6.00. The Hall–Kier alpha value is -1.76. The molecule has 0 spiro atoms. The third kappa shape index (κ3) is 8.67. The van der Waals surface area contributed by atoms with E-state index in [4.69, 9.17) is 18.6 Å². The fourth-order valence-corrected chi connectivity index (χ4v) is 4.78. The fraction of sp³-hybridized carbons (Fsp3) is 0.444. The van der Waals surface area contributed by atoms with Crippen molar-refractivity contribution >= 4 is 14.8 Å². The van der Waals surface area contributed by atoms with Gasteiger partial charge in [0.25, 0.3) is 0 Å². The van der Waals surface area contributed by atoms with Crippen LogP contribution in [-0.2, 0) is 57.6 Å². The second-order valence-electron chi connectivity index (χ2n) is 9.28. The molecule has 1 amide bonds. The first-order chi connectivity index (χ1) is 17.0. The number of carbonyl (C=O) groups is 1. The molecule has 36 heavy (non-hydrogen) atoms. The number of rotatable bonds is 9. The molecule has 0 aliphatic heterocycles. The minimum atomic E-state index is -0.465. The molecular weight excluding hydrogens is 667 g/mol. The van der Waals surface area contributed by atoms with Gasteiger partial charge < -0.3 is 0 Å². The van der Waals surface area contributed by atoms with Crippen LogP contribution in [0.1, 0.15) is 67.8 Å². The van der Waals surface area contributed by atoms with Crippen LogP contribution in [0, 0.1) is 13.2 Å². The van der Waals surface area contributed by atoms with E-state index in [1.54, 1.807) is 12.1 Å². The molecule has 2 N–H and O–H groups in total. The molecule has 0 saturated carbocycles. The molecule has 7 nitrogen and oxygen atoms in total. The molecule has 195 valence electrons. The number of carbonyl (C=O) groups excluding carboxylic acids is 1. The van der Waals surface area contributed by atoms with Gasteiger partial charge in [-0.25, -0.2) is 0 Å². The van der Waals surface area contributed by atoms with Gasteiger partial charge in [-0.05, 0) is 19.3 Å². The van der Waals surface area contributed by atoms with Gasteiger partial charge in [-0.3, -0.25) is 0 Å². The van der Waals surface area contributed by atoms with E-state index in [0.717, 1.165) is 24.2 Å². The number of fused-ring (bicyclic) bond motifs is 1. The standard InChI is InChI=1S/C23H26NO5.C4H8N.V.W/c1-15-11-16-7-6-10-23(2,3)18(16)12-20(15)29-21-9-8-19(28-21)22(25)24-17(13-26-4)14-27-5;1-4(2)5-3;;/h8-9,11-12H,6-7,10H2,1-5H3,(H,24,25);4-5H,1-2H3;;/q2*-1;;. The summed E-state index contributed by atoms with van der Waals surface area (Å²) in [4.78, 5) is 12.5. The van der Waals surface area contributed by atoms with Gasteiger partial charge in [0.2, 0.25) is 0 Å². The molecule has 0 unspecified atom stereocenters. The van der Waals surface area contributed by atoms with Gasteiger partial charge in [0, 0.05) is 0 Å². The quantitative estimate of drug-likeness (QED) is 0.228. The van der Waals surface area contributed by atoms with E-state index in [0.29, 0.717) is 10.5 Å². The minimum absolute atomic E-state index is 0.104. The van der Waals surface area contributed by atoms with Crippen LogP contribution in [0.5, 0.6) is 11.7 Å². The molecule has 1 aromatic carbocycles. The number of hydrogen-bond donors (Lipinski definition) is 2. The van der Waals surface area contributed by atoms with Gasteiger partial charge in [-0.2, -0.15) is 0 Å². The van der Waals surface area contributed by atoms with Crippen LogP contribution in [0.15, 0.2) is 34.4 Å². The van der Waals surface area contributed by atoms with E-state index in [2.05, 4.69) is 78.2 Å². The third-order valence-corrected chi connectivity index (χ3v) is 6.65. The van der Waals surface area contributed by atoms with Crippen molar-refractivity contribution in [3.05, 3.63) is 58.7 Å². The number of amides is 1. The Bertz CT molecular complexity index is 1110. The van der Waals surface area contributed by atoms with Gasteiger partial charge >= 0.3 is 202 Å². The second-order valence-corrected chi connectivity index (χ2v) is 10.6. The van der Waals surface area contributed by atoms with Crippen LogP contribution in [0.4, 0.5) is 0 Å². The predicted molar refractivity (Wildman–Crippen MR) is 132 cm³/mol. The zero-order chi connectivity index (χ0) is 26.9. The zero-order valence-corrected chi connectivity index (χ0v) is 26.2. The number of ether oxygens (including phenoxy) is 3. The summed E-state index contributed by atoms with van der Waals surface area (Å²) in [6.45, 7) is 10.7. The Kier molecular flexibility index (Phi) is 12.1. The summed E-state index contributed by atoms with van der Waals surface area (Å²) >= 11 is 3.55. The molecule has 9 heteroatoms. The summed E-state index contributed by atoms with van der Waals surface area (Å²) in [5, 5.41) is 5.64. The molecule has 0 radical (unpaired) electrons. The first-order valence-corrected chi connectivity index (χ1v) is 13.8. The number of aryl methyl sites for hydroxylation is 2. The van der Waals surface area contributed by atoms with Crippen molar-refractivity contribution in [2.75, 3.05) is 14.2 Å². The van der Waals surface area contributed by atoms with E-state index >= 15 is 0 Å². The summed E-state index contributed by atoms with van der Waals surface area (Å²) in [6, 6.07) is 8.05. The average molecular weight is 701 g/mol. The molecule has 1 aliphatic rings. The molecule has 3 rings (SSSR count). The predicted octanol–water partition coefficient (Wildman–Crippen LogP) is 4.51. The van der Waals surface area contributed by atoms with Crippen molar-refractivity contribution in [2.24, 2.45) is 0 Å². The maximum absolute atomic E-state index is 12.5. The van der Waals surface area contributed by atoms with Gasteiger partial charge in [0.05, 0.1) is 0 Å². The zero-order valence-electron chi connectivity index (χ0n) is 21.9. The number of hydrogen-bond acceptors (Lipinski definition) is 6. The summed E-state index contributed by atoms with van der Waals surface area (Å²) < 4.78 is 24.9. The normalized spacial score (nSPS) is 14.2. The molecule has 1 heterocycles. The van der Waals surface area contributed by atoms with Gasteiger partial charge in [-0.1, -0.05) is 13.8 Å². The Morgan fingerprint density at radius 2 is 1.97 bits per heavy atom. The fourth-order valence-electron chi connectivity index (χ4n) is 3.78.